The van der Waals surface area contributed by atoms with Gasteiger partial charge in [-0.15, -0.1) is 11.3 Å². The number of hydrogen-bond donors (Lipinski definition) is 2. The normalized spacial score (nSPS) is 10.3. The van der Waals surface area contributed by atoms with Gasteiger partial charge in [0.2, 0.25) is 0 Å². The van der Waals surface area contributed by atoms with Gasteiger partial charge in [-0.25, -0.2) is 4.39 Å². The van der Waals surface area contributed by atoms with Crippen molar-refractivity contribution in [2.75, 3.05) is 11.1 Å². The third kappa shape index (κ3) is 2.40. The van der Waals surface area contributed by atoms with Gasteiger partial charge in [-0.2, -0.15) is 0 Å². The zero-order chi connectivity index (χ0) is 10.8. The van der Waals surface area contributed by atoms with Gasteiger partial charge in [0.1, 0.15) is 5.82 Å². The summed E-state index contributed by atoms with van der Waals surface area (Å²) in [7, 11) is 0. The van der Waals surface area contributed by atoms with Gasteiger partial charge in [-0.1, -0.05) is 11.6 Å². The molecule has 2 aromatic rings. The van der Waals surface area contributed by atoms with Gasteiger partial charge < -0.3 is 11.1 Å². The molecule has 0 aliphatic heterocycles. The summed E-state index contributed by atoms with van der Waals surface area (Å²) < 4.78 is 13.6. The molecule has 0 atom stereocenters. The van der Waals surface area contributed by atoms with Crippen LogP contribution in [0, 0.1) is 5.82 Å². The van der Waals surface area contributed by atoms with Crippen LogP contribution in [0.25, 0.3) is 0 Å². The molecule has 0 saturated carbocycles. The molecular formula is C10H8ClFN2S. The second kappa shape index (κ2) is 4.08. The van der Waals surface area contributed by atoms with Crippen LogP contribution in [0.4, 0.5) is 20.8 Å². The van der Waals surface area contributed by atoms with E-state index in [9.17, 15) is 4.39 Å². The average Bonchev–Trinajstić information content (AvgIpc) is 2.58. The fourth-order valence-corrected chi connectivity index (χ4v) is 2.11. The van der Waals surface area contributed by atoms with Crippen molar-refractivity contribution < 1.29 is 4.39 Å². The van der Waals surface area contributed by atoms with Gasteiger partial charge in [-0.3, -0.25) is 0 Å². The number of nitrogens with one attached hydrogen (secondary N) is 1. The minimum absolute atomic E-state index is 0.325. The lowest BCUT2D eigenvalue weighted by molar-refractivity contribution is 0.628. The Morgan fingerprint density at radius 2 is 2.07 bits per heavy atom. The highest BCUT2D eigenvalue weighted by molar-refractivity contribution is 7.19. The zero-order valence-electron chi connectivity index (χ0n) is 7.63. The highest BCUT2D eigenvalue weighted by Crippen LogP contribution is 2.31. The van der Waals surface area contributed by atoms with Crippen LogP contribution in [0.15, 0.2) is 30.3 Å². The maximum absolute atomic E-state index is 12.9. The summed E-state index contributed by atoms with van der Waals surface area (Å²) in [5, 5.41) is 3.83. The predicted molar refractivity (Wildman–Crippen MR) is 63.4 cm³/mol. The van der Waals surface area contributed by atoms with Crippen molar-refractivity contribution in [3.05, 3.63) is 40.5 Å². The van der Waals surface area contributed by atoms with E-state index in [0.29, 0.717) is 15.7 Å². The summed E-state index contributed by atoms with van der Waals surface area (Å²) in [6.45, 7) is 0. The minimum Gasteiger partial charge on any atom is -0.397 e. The number of nitrogen functional groups attached to an aromatic ring is 1. The second-order valence-electron chi connectivity index (χ2n) is 2.96. The molecule has 3 N–H and O–H groups in total. The van der Waals surface area contributed by atoms with Crippen LogP contribution in [0.1, 0.15) is 0 Å². The first-order valence-electron chi connectivity index (χ1n) is 4.22. The first-order valence-corrected chi connectivity index (χ1v) is 5.42. The van der Waals surface area contributed by atoms with E-state index in [4.69, 9.17) is 17.3 Å². The Balaban J connectivity index is 2.27. The predicted octanol–water partition coefficient (Wildman–Crippen LogP) is 3.87. The van der Waals surface area contributed by atoms with Crippen molar-refractivity contribution in [3.63, 3.8) is 0 Å². The smallest absolute Gasteiger partial charge is 0.125 e. The Labute approximate surface area is 95.5 Å². The molecule has 0 fully saturated rings. The second-order valence-corrected chi connectivity index (χ2v) is 4.68. The fraction of sp³-hybridized carbons (Fsp3) is 0. The first-order chi connectivity index (χ1) is 7.15. The van der Waals surface area contributed by atoms with Crippen molar-refractivity contribution in [2.45, 2.75) is 0 Å². The first kappa shape index (κ1) is 10.3. The van der Waals surface area contributed by atoms with Crippen molar-refractivity contribution in [2.24, 2.45) is 0 Å². The third-order valence-electron chi connectivity index (χ3n) is 1.85. The van der Waals surface area contributed by atoms with E-state index in [1.165, 1.54) is 29.5 Å². The Morgan fingerprint density at radius 3 is 2.73 bits per heavy atom. The molecule has 2 nitrogen and oxygen atoms in total. The van der Waals surface area contributed by atoms with E-state index >= 15 is 0 Å². The molecular weight excluding hydrogens is 235 g/mol. The van der Waals surface area contributed by atoms with Gasteiger partial charge >= 0.3 is 0 Å². The number of nitrogens with two attached hydrogens (primary N) is 1. The molecule has 0 spiro atoms. The molecule has 0 bridgehead atoms. The average molecular weight is 243 g/mol. The summed E-state index contributed by atoms with van der Waals surface area (Å²) in [6, 6.07) is 7.78. The molecule has 1 aromatic carbocycles. The third-order valence-corrected chi connectivity index (χ3v) is 2.99. The Hall–Kier alpha value is -1.26. The van der Waals surface area contributed by atoms with E-state index in [1.807, 2.05) is 6.07 Å². The van der Waals surface area contributed by atoms with Crippen LogP contribution in [0.5, 0.6) is 0 Å². The van der Waals surface area contributed by atoms with Crippen molar-refractivity contribution in [1.82, 2.24) is 0 Å². The Bertz CT molecular complexity index is 484. The topological polar surface area (TPSA) is 38.0 Å². The standard InChI is InChI=1S/C10H8ClFN2S/c11-9-3-4-10(15-9)14-8-5-6(12)1-2-7(8)13/h1-5,14H,13H2. The van der Waals surface area contributed by atoms with Crippen molar-refractivity contribution in [1.29, 1.82) is 0 Å². The SMILES string of the molecule is Nc1ccc(F)cc1Nc1ccc(Cl)s1. The van der Waals surface area contributed by atoms with Crippen LogP contribution in [-0.2, 0) is 0 Å². The van der Waals surface area contributed by atoms with Crippen LogP contribution in [0.3, 0.4) is 0 Å². The Morgan fingerprint density at radius 1 is 1.27 bits per heavy atom. The fourth-order valence-electron chi connectivity index (χ4n) is 1.15. The lowest BCUT2D eigenvalue weighted by Gasteiger charge is -2.06. The monoisotopic (exact) mass is 242 g/mol. The summed E-state index contributed by atoms with van der Waals surface area (Å²) in [6.07, 6.45) is 0. The number of halogens is 2. The molecule has 2 rings (SSSR count). The van der Waals surface area contributed by atoms with Gasteiger partial charge in [0.15, 0.2) is 0 Å². The lowest BCUT2D eigenvalue weighted by atomic mass is 10.2. The number of benzene rings is 1. The van der Waals surface area contributed by atoms with Crippen LogP contribution in [0.2, 0.25) is 4.34 Å². The van der Waals surface area contributed by atoms with E-state index in [1.54, 1.807) is 6.07 Å². The van der Waals surface area contributed by atoms with Gasteiger partial charge in [-0.05, 0) is 30.3 Å². The van der Waals surface area contributed by atoms with Crippen molar-refractivity contribution >= 4 is 39.3 Å². The molecule has 5 heteroatoms. The molecule has 1 heterocycles. The zero-order valence-corrected chi connectivity index (χ0v) is 9.20. The molecule has 0 unspecified atom stereocenters. The Kier molecular flexibility index (Phi) is 2.79. The van der Waals surface area contributed by atoms with Crippen LogP contribution < -0.4 is 11.1 Å². The molecule has 0 aliphatic rings. The molecule has 15 heavy (non-hydrogen) atoms. The summed E-state index contributed by atoms with van der Waals surface area (Å²) >= 11 is 7.14. The number of hydrogen-bond acceptors (Lipinski definition) is 3. The molecule has 78 valence electrons. The maximum Gasteiger partial charge on any atom is 0.125 e. The quantitative estimate of drug-likeness (QED) is 0.785. The summed E-state index contributed by atoms with van der Waals surface area (Å²) in [5.41, 5.74) is 6.74. The van der Waals surface area contributed by atoms with E-state index in [0.717, 1.165) is 5.00 Å². The molecule has 0 saturated heterocycles. The summed E-state index contributed by atoms with van der Waals surface area (Å²) in [4.78, 5) is 0. The van der Waals surface area contributed by atoms with Crippen LogP contribution >= 0.6 is 22.9 Å². The van der Waals surface area contributed by atoms with Crippen LogP contribution in [-0.4, -0.2) is 0 Å². The molecule has 1 aromatic heterocycles. The summed E-state index contributed by atoms with van der Waals surface area (Å²) in [5.74, 6) is -0.325. The minimum atomic E-state index is -0.325. The largest absolute Gasteiger partial charge is 0.397 e. The van der Waals surface area contributed by atoms with Gasteiger partial charge in [0.25, 0.3) is 0 Å². The van der Waals surface area contributed by atoms with Gasteiger partial charge in [0.05, 0.1) is 20.7 Å². The number of rotatable bonds is 2. The van der Waals surface area contributed by atoms with E-state index in [-0.39, 0.29) is 5.82 Å². The molecule has 0 aliphatic carbocycles. The number of anilines is 3. The van der Waals surface area contributed by atoms with Crippen molar-refractivity contribution in [3.8, 4) is 0 Å². The highest BCUT2D eigenvalue weighted by atomic mass is 35.5. The maximum atomic E-state index is 12.9. The number of thiophene rings is 1. The molecule has 0 amide bonds. The van der Waals surface area contributed by atoms with Gasteiger partial charge in [0, 0.05) is 0 Å². The van der Waals surface area contributed by atoms with E-state index in [2.05, 4.69) is 5.32 Å². The highest BCUT2D eigenvalue weighted by Gasteiger charge is 2.03. The molecule has 0 radical (unpaired) electrons. The lowest BCUT2D eigenvalue weighted by Crippen LogP contribution is -1.95. The van der Waals surface area contributed by atoms with E-state index < -0.39 is 0 Å².